The summed E-state index contributed by atoms with van der Waals surface area (Å²) in [5.41, 5.74) is 5.78. The fraction of sp³-hybridized carbons (Fsp3) is 0.417. The molecule has 5 heteroatoms. The normalized spacial score (nSPS) is 9.88. The van der Waals surface area contributed by atoms with Crippen molar-refractivity contribution >= 4 is 5.78 Å². The third-order valence-corrected chi connectivity index (χ3v) is 2.37. The number of ketones is 1. The first-order chi connectivity index (χ1) is 8.17. The zero-order chi connectivity index (χ0) is 12.8. The molecule has 17 heavy (non-hydrogen) atoms. The topological polar surface area (TPSA) is 70.8 Å². The maximum Gasteiger partial charge on any atom is 0.171 e. The zero-order valence-corrected chi connectivity index (χ0v) is 10.3. The van der Waals surface area contributed by atoms with Crippen molar-refractivity contribution in [1.82, 2.24) is 0 Å². The Morgan fingerprint density at radius 3 is 2.00 bits per heavy atom. The monoisotopic (exact) mass is 239 g/mol. The average Bonchev–Trinajstić information content (AvgIpc) is 2.37. The molecule has 1 aromatic carbocycles. The van der Waals surface area contributed by atoms with Crippen molar-refractivity contribution < 1.29 is 19.0 Å². The fourth-order valence-electron chi connectivity index (χ4n) is 1.54. The van der Waals surface area contributed by atoms with Crippen molar-refractivity contribution in [3.63, 3.8) is 0 Å². The molecule has 1 aromatic rings. The summed E-state index contributed by atoms with van der Waals surface area (Å²) in [4.78, 5) is 11.9. The van der Waals surface area contributed by atoms with E-state index in [0.29, 0.717) is 22.8 Å². The van der Waals surface area contributed by atoms with Gasteiger partial charge in [-0.2, -0.15) is 0 Å². The molecule has 5 nitrogen and oxygen atoms in total. The van der Waals surface area contributed by atoms with E-state index in [1.807, 2.05) is 0 Å². The van der Waals surface area contributed by atoms with E-state index in [1.165, 1.54) is 21.3 Å². The van der Waals surface area contributed by atoms with Crippen LogP contribution in [0.3, 0.4) is 0 Å². The number of benzene rings is 1. The van der Waals surface area contributed by atoms with E-state index in [9.17, 15) is 4.79 Å². The molecule has 2 N–H and O–H groups in total. The number of Topliss-reactive ketones (excluding diaryl/α,β-unsaturated/α-hetero) is 1. The van der Waals surface area contributed by atoms with Gasteiger partial charge in [0.1, 0.15) is 22.8 Å². The van der Waals surface area contributed by atoms with Gasteiger partial charge in [0.25, 0.3) is 0 Å². The van der Waals surface area contributed by atoms with E-state index in [-0.39, 0.29) is 18.7 Å². The number of methoxy groups -OCH3 is 3. The van der Waals surface area contributed by atoms with Crippen molar-refractivity contribution in [2.24, 2.45) is 5.73 Å². The number of rotatable bonds is 6. The van der Waals surface area contributed by atoms with Gasteiger partial charge in [-0.3, -0.25) is 4.79 Å². The highest BCUT2D eigenvalue weighted by atomic mass is 16.5. The molecule has 0 unspecified atom stereocenters. The van der Waals surface area contributed by atoms with Crippen LogP contribution in [0.25, 0.3) is 0 Å². The van der Waals surface area contributed by atoms with Gasteiger partial charge in [-0.1, -0.05) is 0 Å². The molecule has 0 bridgehead atoms. The van der Waals surface area contributed by atoms with E-state index in [0.717, 1.165) is 0 Å². The SMILES string of the molecule is COc1cc(OC)c(C(=O)CCN)c(OC)c1. The van der Waals surface area contributed by atoms with Crippen LogP contribution < -0.4 is 19.9 Å². The Labute approximate surface area is 100 Å². The molecule has 0 aliphatic heterocycles. The lowest BCUT2D eigenvalue weighted by atomic mass is 10.1. The fourth-order valence-corrected chi connectivity index (χ4v) is 1.54. The van der Waals surface area contributed by atoms with Crippen molar-refractivity contribution in [3.05, 3.63) is 17.7 Å². The molecule has 0 aliphatic carbocycles. The predicted molar refractivity (Wildman–Crippen MR) is 64.1 cm³/mol. The molecule has 1 rings (SSSR count). The molecule has 0 aliphatic rings. The van der Waals surface area contributed by atoms with Gasteiger partial charge in [-0.15, -0.1) is 0 Å². The smallest absolute Gasteiger partial charge is 0.171 e. The molecule has 0 amide bonds. The van der Waals surface area contributed by atoms with Gasteiger partial charge < -0.3 is 19.9 Å². The summed E-state index contributed by atoms with van der Waals surface area (Å²) in [5.74, 6) is 1.33. The third kappa shape index (κ3) is 2.88. The van der Waals surface area contributed by atoms with Gasteiger partial charge in [0, 0.05) is 18.6 Å². The maximum absolute atomic E-state index is 11.9. The van der Waals surface area contributed by atoms with Crippen molar-refractivity contribution in [3.8, 4) is 17.2 Å². The van der Waals surface area contributed by atoms with Gasteiger partial charge in [-0.05, 0) is 6.54 Å². The van der Waals surface area contributed by atoms with Crippen molar-refractivity contribution in [2.45, 2.75) is 6.42 Å². The summed E-state index contributed by atoms with van der Waals surface area (Å²) in [6.45, 7) is 0.289. The Balaban J connectivity index is 3.29. The van der Waals surface area contributed by atoms with Gasteiger partial charge in [0.2, 0.25) is 0 Å². The number of hydrogen-bond donors (Lipinski definition) is 1. The molecule has 0 aromatic heterocycles. The van der Waals surface area contributed by atoms with E-state index in [2.05, 4.69) is 0 Å². The summed E-state index contributed by atoms with van der Waals surface area (Å²) in [7, 11) is 4.52. The minimum atomic E-state index is -0.108. The summed E-state index contributed by atoms with van der Waals surface area (Å²) in [6, 6.07) is 3.29. The molecular weight excluding hydrogens is 222 g/mol. The van der Waals surface area contributed by atoms with E-state index in [4.69, 9.17) is 19.9 Å². The van der Waals surface area contributed by atoms with E-state index in [1.54, 1.807) is 12.1 Å². The number of hydrogen-bond acceptors (Lipinski definition) is 5. The first-order valence-corrected chi connectivity index (χ1v) is 5.21. The summed E-state index contributed by atoms with van der Waals surface area (Å²) in [6.07, 6.45) is 0.249. The molecule has 0 fully saturated rings. The molecule has 0 radical (unpaired) electrons. The van der Waals surface area contributed by atoms with Crippen LogP contribution in [0.4, 0.5) is 0 Å². The van der Waals surface area contributed by atoms with Gasteiger partial charge >= 0.3 is 0 Å². The zero-order valence-electron chi connectivity index (χ0n) is 10.3. The number of nitrogens with two attached hydrogens (primary N) is 1. The minimum absolute atomic E-state index is 0.108. The summed E-state index contributed by atoms with van der Waals surface area (Å²) >= 11 is 0. The van der Waals surface area contributed by atoms with Crippen LogP contribution in [0.5, 0.6) is 17.2 Å². The van der Waals surface area contributed by atoms with Crippen LogP contribution in [0.2, 0.25) is 0 Å². The third-order valence-electron chi connectivity index (χ3n) is 2.37. The Hall–Kier alpha value is -1.75. The largest absolute Gasteiger partial charge is 0.496 e. The highest BCUT2D eigenvalue weighted by Crippen LogP contribution is 2.34. The van der Waals surface area contributed by atoms with E-state index >= 15 is 0 Å². The highest BCUT2D eigenvalue weighted by Gasteiger charge is 2.19. The van der Waals surface area contributed by atoms with Crippen molar-refractivity contribution in [1.29, 1.82) is 0 Å². The molecular formula is C12H17NO4. The van der Waals surface area contributed by atoms with E-state index < -0.39 is 0 Å². The van der Waals surface area contributed by atoms with Crippen LogP contribution in [-0.4, -0.2) is 33.7 Å². The lowest BCUT2D eigenvalue weighted by molar-refractivity contribution is 0.0979. The standard InChI is InChI=1S/C12H17NO4/c1-15-8-6-10(16-2)12(9(14)4-5-13)11(7-8)17-3/h6-7H,4-5,13H2,1-3H3. The Kier molecular flexibility index (Phi) is 4.78. The minimum Gasteiger partial charge on any atom is -0.496 e. The Bertz CT molecular complexity index is 378. The van der Waals surface area contributed by atoms with Gasteiger partial charge in [0.15, 0.2) is 5.78 Å². The summed E-state index contributed by atoms with van der Waals surface area (Å²) in [5, 5.41) is 0. The Morgan fingerprint density at radius 2 is 1.65 bits per heavy atom. The number of carbonyl (C=O) groups excluding carboxylic acids is 1. The molecule has 0 heterocycles. The molecule has 0 saturated heterocycles. The van der Waals surface area contributed by atoms with Crippen LogP contribution in [0.15, 0.2) is 12.1 Å². The second-order valence-electron chi connectivity index (χ2n) is 3.37. The molecule has 0 atom stereocenters. The molecule has 0 saturated carbocycles. The lowest BCUT2D eigenvalue weighted by Crippen LogP contribution is -2.11. The number of carbonyl (C=O) groups is 1. The summed E-state index contributed by atoms with van der Waals surface area (Å²) < 4.78 is 15.5. The van der Waals surface area contributed by atoms with Crippen LogP contribution in [0, 0.1) is 0 Å². The maximum atomic E-state index is 11.9. The van der Waals surface area contributed by atoms with Gasteiger partial charge in [-0.25, -0.2) is 0 Å². The van der Waals surface area contributed by atoms with Crippen LogP contribution in [-0.2, 0) is 0 Å². The predicted octanol–water partition coefficient (Wildman–Crippen LogP) is 1.24. The first-order valence-electron chi connectivity index (χ1n) is 5.21. The van der Waals surface area contributed by atoms with Crippen molar-refractivity contribution in [2.75, 3.05) is 27.9 Å². The van der Waals surface area contributed by atoms with Crippen LogP contribution >= 0.6 is 0 Å². The second kappa shape index (κ2) is 6.10. The number of ether oxygens (including phenoxy) is 3. The quantitative estimate of drug-likeness (QED) is 0.756. The van der Waals surface area contributed by atoms with Gasteiger partial charge in [0.05, 0.1) is 21.3 Å². The highest BCUT2D eigenvalue weighted by molar-refractivity contribution is 6.01. The first kappa shape index (κ1) is 13.3. The Morgan fingerprint density at radius 1 is 1.12 bits per heavy atom. The average molecular weight is 239 g/mol. The van der Waals surface area contributed by atoms with Crippen LogP contribution in [0.1, 0.15) is 16.8 Å². The molecule has 0 spiro atoms. The second-order valence-corrected chi connectivity index (χ2v) is 3.37. The molecule has 94 valence electrons. The lowest BCUT2D eigenvalue weighted by Gasteiger charge is -2.13.